The second-order valence-corrected chi connectivity index (χ2v) is 5.74. The standard InChI is InChI=1S/C14H22N4O4/c19-17(20)13(11-15-7-3-1-4-8-15)14(18(21)22)12-16-9-5-2-6-10-16/h11-12H,1-10H2/b13-11+,14-12+. The number of likely N-dealkylation sites (tertiary alicyclic amines) is 2. The fourth-order valence-corrected chi connectivity index (χ4v) is 2.85. The molecule has 2 aliphatic rings. The van der Waals surface area contributed by atoms with Gasteiger partial charge in [-0.25, -0.2) is 0 Å². The molecule has 8 heteroatoms. The van der Waals surface area contributed by atoms with E-state index in [1.54, 1.807) is 0 Å². The summed E-state index contributed by atoms with van der Waals surface area (Å²) in [4.78, 5) is 25.0. The lowest BCUT2D eigenvalue weighted by atomic mass is 10.1. The molecule has 2 fully saturated rings. The van der Waals surface area contributed by atoms with Crippen molar-refractivity contribution in [3.63, 3.8) is 0 Å². The third kappa shape index (κ3) is 4.44. The average Bonchev–Trinajstić information content (AvgIpc) is 2.52. The fraction of sp³-hybridized carbons (Fsp3) is 0.714. The summed E-state index contributed by atoms with van der Waals surface area (Å²) in [5, 5.41) is 22.6. The van der Waals surface area contributed by atoms with Gasteiger partial charge < -0.3 is 9.80 Å². The highest BCUT2D eigenvalue weighted by molar-refractivity contribution is 5.18. The van der Waals surface area contributed by atoms with E-state index in [1.165, 1.54) is 12.4 Å². The molecule has 0 aliphatic carbocycles. The van der Waals surface area contributed by atoms with Crippen molar-refractivity contribution in [2.24, 2.45) is 0 Å². The summed E-state index contributed by atoms with van der Waals surface area (Å²) in [5.74, 6) is 0. The first kappa shape index (κ1) is 16.3. The minimum atomic E-state index is -0.646. The summed E-state index contributed by atoms with van der Waals surface area (Å²) in [6.45, 7) is 2.86. The quantitative estimate of drug-likeness (QED) is 0.439. The molecule has 0 aromatic heterocycles. The van der Waals surface area contributed by atoms with Crippen LogP contribution in [0, 0.1) is 20.2 Å². The summed E-state index contributed by atoms with van der Waals surface area (Å²) in [6.07, 6.45) is 8.75. The second kappa shape index (κ2) is 7.77. The van der Waals surface area contributed by atoms with Gasteiger partial charge in [0.05, 0.1) is 22.2 Å². The normalized spacial score (nSPS) is 20.9. The van der Waals surface area contributed by atoms with Crippen LogP contribution in [0.5, 0.6) is 0 Å². The van der Waals surface area contributed by atoms with Gasteiger partial charge in [-0.1, -0.05) is 0 Å². The van der Waals surface area contributed by atoms with Gasteiger partial charge in [0, 0.05) is 26.2 Å². The highest BCUT2D eigenvalue weighted by Crippen LogP contribution is 2.19. The molecule has 2 saturated heterocycles. The Morgan fingerprint density at radius 3 is 1.27 bits per heavy atom. The first-order valence-corrected chi connectivity index (χ1v) is 7.79. The Morgan fingerprint density at radius 2 is 1.00 bits per heavy atom. The molecular formula is C14H22N4O4. The molecule has 8 nitrogen and oxygen atoms in total. The van der Waals surface area contributed by atoms with Crippen molar-refractivity contribution in [2.75, 3.05) is 26.2 Å². The van der Waals surface area contributed by atoms with Crippen molar-refractivity contribution in [2.45, 2.75) is 38.5 Å². The molecule has 0 radical (unpaired) electrons. The van der Waals surface area contributed by atoms with Crippen molar-refractivity contribution in [1.82, 2.24) is 9.80 Å². The van der Waals surface area contributed by atoms with E-state index < -0.39 is 21.2 Å². The Morgan fingerprint density at radius 1 is 0.682 bits per heavy atom. The van der Waals surface area contributed by atoms with Crippen LogP contribution >= 0.6 is 0 Å². The van der Waals surface area contributed by atoms with E-state index in [4.69, 9.17) is 0 Å². The molecule has 22 heavy (non-hydrogen) atoms. The lowest BCUT2D eigenvalue weighted by molar-refractivity contribution is -0.480. The highest BCUT2D eigenvalue weighted by atomic mass is 16.6. The van der Waals surface area contributed by atoms with Gasteiger partial charge in [-0.15, -0.1) is 0 Å². The zero-order chi connectivity index (χ0) is 15.9. The van der Waals surface area contributed by atoms with Crippen LogP contribution in [0.3, 0.4) is 0 Å². The second-order valence-electron chi connectivity index (χ2n) is 5.74. The van der Waals surface area contributed by atoms with E-state index in [2.05, 4.69) is 0 Å². The molecular weight excluding hydrogens is 288 g/mol. The number of hydrogen-bond acceptors (Lipinski definition) is 6. The molecule has 122 valence electrons. The molecule has 0 saturated carbocycles. The predicted octanol–water partition coefficient (Wildman–Crippen LogP) is 2.19. The summed E-state index contributed by atoms with van der Waals surface area (Å²) in [6, 6.07) is 0. The zero-order valence-corrected chi connectivity index (χ0v) is 12.6. The number of rotatable bonds is 5. The highest BCUT2D eigenvalue weighted by Gasteiger charge is 2.31. The third-order valence-corrected chi connectivity index (χ3v) is 4.05. The van der Waals surface area contributed by atoms with Gasteiger partial charge in [-0.2, -0.15) is 0 Å². The summed E-state index contributed by atoms with van der Waals surface area (Å²) in [5.41, 5.74) is -0.838. The molecule has 0 atom stereocenters. The molecule has 0 aromatic rings. The van der Waals surface area contributed by atoms with Crippen molar-refractivity contribution in [1.29, 1.82) is 0 Å². The number of piperidine rings is 2. The Bertz CT molecular complexity index is 433. The molecule has 0 spiro atoms. The SMILES string of the molecule is O=[N+]([O-])C(=C/N1CCCCC1)/C(=C\N1CCCCC1)[N+](=O)[O-]. The molecule has 2 rings (SSSR count). The van der Waals surface area contributed by atoms with Crippen LogP contribution in [0.25, 0.3) is 0 Å². The molecule has 2 heterocycles. The molecule has 0 N–H and O–H groups in total. The maximum atomic E-state index is 11.3. The van der Waals surface area contributed by atoms with Gasteiger partial charge >= 0.3 is 11.4 Å². The Kier molecular flexibility index (Phi) is 5.74. The van der Waals surface area contributed by atoms with Gasteiger partial charge in [-0.3, -0.25) is 20.2 Å². The smallest absolute Gasteiger partial charge is 0.363 e. The van der Waals surface area contributed by atoms with Crippen molar-refractivity contribution >= 4 is 0 Å². The van der Waals surface area contributed by atoms with Crippen LogP contribution in [0.2, 0.25) is 0 Å². The molecule has 0 aromatic carbocycles. The number of nitro groups is 2. The van der Waals surface area contributed by atoms with Crippen LogP contribution in [0.15, 0.2) is 23.8 Å². The minimum Gasteiger partial charge on any atom is -0.372 e. The first-order chi connectivity index (χ1) is 10.6. The van der Waals surface area contributed by atoms with Gasteiger partial charge in [0.1, 0.15) is 0 Å². The van der Waals surface area contributed by atoms with Gasteiger partial charge in [0.15, 0.2) is 0 Å². The van der Waals surface area contributed by atoms with E-state index in [-0.39, 0.29) is 0 Å². The van der Waals surface area contributed by atoms with Gasteiger partial charge in [-0.05, 0) is 38.5 Å². The Hall–Kier alpha value is -2.12. The van der Waals surface area contributed by atoms with Crippen molar-refractivity contribution in [3.8, 4) is 0 Å². The fourth-order valence-electron chi connectivity index (χ4n) is 2.85. The van der Waals surface area contributed by atoms with Crippen molar-refractivity contribution in [3.05, 3.63) is 44.0 Å². The lowest BCUT2D eigenvalue weighted by Gasteiger charge is -2.25. The maximum absolute atomic E-state index is 11.3. The average molecular weight is 310 g/mol. The van der Waals surface area contributed by atoms with E-state index in [0.717, 1.165) is 38.5 Å². The molecule has 2 aliphatic heterocycles. The first-order valence-electron chi connectivity index (χ1n) is 7.79. The zero-order valence-electron chi connectivity index (χ0n) is 12.6. The molecule has 0 amide bonds. The lowest BCUT2D eigenvalue weighted by Crippen LogP contribution is -2.28. The summed E-state index contributed by atoms with van der Waals surface area (Å²) >= 11 is 0. The van der Waals surface area contributed by atoms with Crippen LogP contribution in [0.1, 0.15) is 38.5 Å². The van der Waals surface area contributed by atoms with E-state index in [0.29, 0.717) is 26.2 Å². The van der Waals surface area contributed by atoms with Crippen molar-refractivity contribution < 1.29 is 9.85 Å². The molecule has 0 bridgehead atoms. The molecule has 0 unspecified atom stereocenters. The predicted molar refractivity (Wildman–Crippen MR) is 81.0 cm³/mol. The van der Waals surface area contributed by atoms with Crippen LogP contribution in [-0.2, 0) is 0 Å². The van der Waals surface area contributed by atoms with Gasteiger partial charge in [0.25, 0.3) is 0 Å². The topological polar surface area (TPSA) is 92.8 Å². The van der Waals surface area contributed by atoms with E-state index in [1.807, 2.05) is 9.80 Å². The van der Waals surface area contributed by atoms with E-state index >= 15 is 0 Å². The summed E-state index contributed by atoms with van der Waals surface area (Å²) < 4.78 is 0. The third-order valence-electron chi connectivity index (χ3n) is 4.05. The maximum Gasteiger partial charge on any atom is 0.363 e. The Balaban J connectivity index is 2.24. The van der Waals surface area contributed by atoms with E-state index in [9.17, 15) is 20.2 Å². The van der Waals surface area contributed by atoms with Crippen LogP contribution < -0.4 is 0 Å². The minimum absolute atomic E-state index is 0.419. The summed E-state index contributed by atoms with van der Waals surface area (Å²) in [7, 11) is 0. The number of nitrogens with zero attached hydrogens (tertiary/aromatic N) is 4. The monoisotopic (exact) mass is 310 g/mol. The Labute approximate surface area is 129 Å². The van der Waals surface area contributed by atoms with Crippen LogP contribution in [0.4, 0.5) is 0 Å². The van der Waals surface area contributed by atoms with Gasteiger partial charge in [0.2, 0.25) is 0 Å². The largest absolute Gasteiger partial charge is 0.372 e. The van der Waals surface area contributed by atoms with Crippen LogP contribution in [-0.4, -0.2) is 45.8 Å². The number of hydrogen-bond donors (Lipinski definition) is 0.